The van der Waals surface area contributed by atoms with Crippen molar-refractivity contribution in [1.82, 2.24) is 9.91 Å². The average molecular weight is 448 g/mol. The summed E-state index contributed by atoms with van der Waals surface area (Å²) in [4.78, 5) is 36.5. The second-order valence-corrected chi connectivity index (χ2v) is 7.63. The highest BCUT2D eigenvalue weighted by Crippen LogP contribution is 2.22. The van der Waals surface area contributed by atoms with Crippen molar-refractivity contribution in [1.29, 1.82) is 0 Å². The van der Waals surface area contributed by atoms with E-state index in [1.54, 1.807) is 17.1 Å². The summed E-state index contributed by atoms with van der Waals surface area (Å²) in [7, 11) is -1.03. The molecule has 3 aliphatic rings. The van der Waals surface area contributed by atoms with E-state index in [4.69, 9.17) is 14.5 Å². The molecule has 0 unspecified atom stereocenters. The lowest BCUT2D eigenvalue weighted by molar-refractivity contribution is -0.142. The summed E-state index contributed by atoms with van der Waals surface area (Å²) in [6, 6.07) is 0. The van der Waals surface area contributed by atoms with Crippen molar-refractivity contribution in [2.75, 3.05) is 32.8 Å². The van der Waals surface area contributed by atoms with Gasteiger partial charge in [0, 0.05) is 6.20 Å². The molecule has 0 radical (unpaired) electrons. The summed E-state index contributed by atoms with van der Waals surface area (Å²) < 4.78 is 11.0. The van der Waals surface area contributed by atoms with Crippen LogP contribution >= 0.6 is 0 Å². The molecule has 12 nitrogen and oxygen atoms in total. The van der Waals surface area contributed by atoms with Gasteiger partial charge in [-0.05, 0) is 24.4 Å². The minimum Gasteiger partial charge on any atom is -0.486 e. The second kappa shape index (κ2) is 10.9. The Morgan fingerprint density at radius 1 is 1.28 bits per heavy atom. The van der Waals surface area contributed by atoms with Crippen molar-refractivity contribution >= 4 is 25.0 Å². The third-order valence-corrected chi connectivity index (χ3v) is 5.02. The minimum atomic E-state index is -1.20. The van der Waals surface area contributed by atoms with Crippen LogP contribution in [-0.4, -0.2) is 89.0 Å². The first kappa shape index (κ1) is 23.5. The highest BCUT2D eigenvalue weighted by atomic mass is 16.5. The lowest BCUT2D eigenvalue weighted by Gasteiger charge is -2.39. The van der Waals surface area contributed by atoms with Crippen LogP contribution in [0.4, 0.5) is 0 Å². The molecule has 0 saturated carbocycles. The quantitative estimate of drug-likeness (QED) is 0.469. The Hall–Kier alpha value is -3.19. The van der Waals surface area contributed by atoms with E-state index in [-0.39, 0.29) is 49.5 Å². The van der Waals surface area contributed by atoms with Crippen LogP contribution in [0.2, 0.25) is 6.32 Å². The Labute approximate surface area is 184 Å². The van der Waals surface area contributed by atoms with E-state index in [0.29, 0.717) is 37.8 Å². The number of carboxylic acid groups (broad SMARTS) is 2. The number of ether oxygens (including phenoxy) is 1. The first-order chi connectivity index (χ1) is 15.3. The summed E-state index contributed by atoms with van der Waals surface area (Å²) in [5.41, 5.74) is 0.556. The number of nitrogens with zero attached hydrogens (tertiary/aromatic N) is 4. The highest BCUT2D eigenvalue weighted by molar-refractivity contribution is 6.42. The van der Waals surface area contributed by atoms with E-state index < -0.39 is 19.1 Å². The Balaban J connectivity index is 1.55. The van der Waals surface area contributed by atoms with Crippen molar-refractivity contribution in [3.05, 3.63) is 35.3 Å². The molecule has 13 heteroatoms. The molecular formula is C19H25BN4O8. The first-order valence-electron chi connectivity index (χ1n) is 10.2. The van der Waals surface area contributed by atoms with E-state index >= 15 is 0 Å². The molecule has 1 amide bonds. The number of hydrogen-bond donors (Lipinski definition) is 3. The van der Waals surface area contributed by atoms with E-state index in [0.717, 1.165) is 0 Å². The molecule has 3 N–H and O–H groups in total. The lowest BCUT2D eigenvalue weighted by Crippen LogP contribution is -2.54. The molecule has 0 aromatic heterocycles. The molecule has 32 heavy (non-hydrogen) atoms. The normalized spacial score (nSPS) is 20.0. The van der Waals surface area contributed by atoms with Gasteiger partial charge in [0.15, 0.2) is 0 Å². The van der Waals surface area contributed by atoms with Crippen LogP contribution in [0.1, 0.15) is 19.3 Å². The van der Waals surface area contributed by atoms with Crippen LogP contribution in [0, 0.1) is 0 Å². The zero-order chi connectivity index (χ0) is 23.1. The van der Waals surface area contributed by atoms with Gasteiger partial charge in [0.05, 0.1) is 32.7 Å². The molecule has 3 rings (SSSR count). The number of allylic oxidation sites excluding steroid dienone is 2. The monoisotopic (exact) mass is 448 g/mol. The van der Waals surface area contributed by atoms with Crippen molar-refractivity contribution in [2.45, 2.75) is 31.7 Å². The first-order valence-corrected chi connectivity index (χ1v) is 10.2. The molecule has 0 aromatic carbocycles. The Kier molecular flexibility index (Phi) is 8.00. The summed E-state index contributed by atoms with van der Waals surface area (Å²) in [6.45, 7) is 0.179. The van der Waals surface area contributed by atoms with E-state index in [2.05, 4.69) is 10.3 Å². The fourth-order valence-corrected chi connectivity index (χ4v) is 3.31. The third kappa shape index (κ3) is 6.66. The highest BCUT2D eigenvalue weighted by Gasteiger charge is 2.34. The van der Waals surface area contributed by atoms with Crippen molar-refractivity contribution in [2.24, 2.45) is 10.3 Å². The van der Waals surface area contributed by atoms with Gasteiger partial charge < -0.3 is 29.5 Å². The summed E-state index contributed by atoms with van der Waals surface area (Å²) in [5, 5.41) is 36.8. The Bertz CT molecular complexity index is 865. The van der Waals surface area contributed by atoms with Crippen molar-refractivity contribution in [3.8, 4) is 0 Å². The molecule has 1 fully saturated rings. The third-order valence-electron chi connectivity index (χ3n) is 5.02. The van der Waals surface area contributed by atoms with E-state index in [1.807, 2.05) is 0 Å². The van der Waals surface area contributed by atoms with Crippen LogP contribution in [0.5, 0.6) is 0 Å². The summed E-state index contributed by atoms with van der Waals surface area (Å²) in [6.07, 6.45) is 6.36. The second-order valence-electron chi connectivity index (χ2n) is 7.63. The molecule has 0 spiro atoms. The molecule has 0 atom stereocenters. The van der Waals surface area contributed by atoms with Crippen LogP contribution in [0.25, 0.3) is 0 Å². The molecule has 172 valence electrons. The lowest BCUT2D eigenvalue weighted by atomic mass is 9.82. The smallest absolute Gasteiger partial charge is 0.454 e. The number of rotatable bonds is 7. The van der Waals surface area contributed by atoms with Crippen LogP contribution in [0.15, 0.2) is 45.6 Å². The zero-order valence-electron chi connectivity index (χ0n) is 17.4. The van der Waals surface area contributed by atoms with Gasteiger partial charge >= 0.3 is 19.1 Å². The van der Waals surface area contributed by atoms with Crippen LogP contribution in [-0.2, 0) is 23.8 Å². The van der Waals surface area contributed by atoms with Gasteiger partial charge in [-0.25, -0.2) is 9.80 Å². The standard InChI is InChI=1S/C19H25BN4O8/c25-17(6-13-7-21-22-24(8-13)11-18(26)27)23-9-14(10-23)32-16-4-2-1-3-5-20(30)31-12-15(16)19(28)29/h2,4,8,14,30H,1,3,5-7,9-12H2,(H,26,27)(H,28,29). The van der Waals surface area contributed by atoms with Gasteiger partial charge in [-0.3, -0.25) is 9.59 Å². The number of carboxylic acids is 2. The zero-order valence-corrected chi connectivity index (χ0v) is 17.4. The topological polar surface area (TPSA) is 162 Å². The van der Waals surface area contributed by atoms with Crippen LogP contribution < -0.4 is 0 Å². The molecule has 0 aliphatic carbocycles. The molecular weight excluding hydrogens is 423 g/mol. The van der Waals surface area contributed by atoms with Gasteiger partial charge in [-0.1, -0.05) is 17.7 Å². The van der Waals surface area contributed by atoms with Crippen molar-refractivity contribution < 1.29 is 39.0 Å². The van der Waals surface area contributed by atoms with Gasteiger partial charge in [0.1, 0.15) is 24.0 Å². The summed E-state index contributed by atoms with van der Waals surface area (Å²) >= 11 is 0. The maximum atomic E-state index is 12.5. The fourth-order valence-electron chi connectivity index (χ4n) is 3.31. The molecule has 1 saturated heterocycles. The molecule has 3 heterocycles. The van der Waals surface area contributed by atoms with Crippen LogP contribution in [0.3, 0.4) is 0 Å². The number of aliphatic carboxylic acids is 2. The molecule has 3 aliphatic heterocycles. The summed E-state index contributed by atoms with van der Waals surface area (Å²) in [5.74, 6) is -2.26. The number of hydrogen-bond acceptors (Lipinski definition) is 9. The van der Waals surface area contributed by atoms with E-state index in [9.17, 15) is 24.5 Å². The maximum Gasteiger partial charge on any atom is 0.454 e. The average Bonchev–Trinajstić information content (AvgIpc) is 2.68. The number of amides is 1. The number of carbonyl (C=O) groups excluding carboxylic acids is 1. The van der Waals surface area contributed by atoms with Gasteiger partial charge in [-0.2, -0.15) is 5.11 Å². The fraction of sp³-hybridized carbons (Fsp3) is 0.526. The van der Waals surface area contributed by atoms with Gasteiger partial charge in [-0.15, -0.1) is 0 Å². The molecule has 0 bridgehead atoms. The van der Waals surface area contributed by atoms with E-state index in [1.165, 1.54) is 11.2 Å². The number of carbonyl (C=O) groups is 3. The largest absolute Gasteiger partial charge is 0.486 e. The van der Waals surface area contributed by atoms with Crippen molar-refractivity contribution in [3.63, 3.8) is 0 Å². The number of likely N-dealkylation sites (tertiary alicyclic amines) is 1. The Morgan fingerprint density at radius 2 is 2.06 bits per heavy atom. The molecule has 0 aromatic rings. The minimum absolute atomic E-state index is 0.0799. The predicted octanol–water partition coefficient (Wildman–Crippen LogP) is 0.441. The SMILES string of the molecule is O=C(O)CN1C=C(CC(=O)N2CC(OC3=C(C(=O)O)COB(O)CCCC=C3)C2)CN=N1. The maximum absolute atomic E-state index is 12.5. The Morgan fingerprint density at radius 3 is 2.78 bits per heavy atom. The van der Waals surface area contributed by atoms with Gasteiger partial charge in [0.2, 0.25) is 5.91 Å². The van der Waals surface area contributed by atoms with Gasteiger partial charge in [0.25, 0.3) is 0 Å². The predicted molar refractivity (Wildman–Crippen MR) is 110 cm³/mol.